The third-order valence-electron chi connectivity index (χ3n) is 5.66. The molecule has 1 saturated heterocycles. The van der Waals surface area contributed by atoms with Gasteiger partial charge in [-0.2, -0.15) is 0 Å². The van der Waals surface area contributed by atoms with Crippen LogP contribution in [0, 0.1) is 0 Å². The van der Waals surface area contributed by atoms with Gasteiger partial charge in [-0.1, -0.05) is 63.9 Å². The second-order valence-corrected chi connectivity index (χ2v) is 10.3. The molecule has 0 atom stereocenters. The highest BCUT2D eigenvalue weighted by molar-refractivity contribution is 9.10. The molecule has 1 aliphatic heterocycles. The van der Waals surface area contributed by atoms with Crippen molar-refractivity contribution >= 4 is 67.4 Å². The van der Waals surface area contributed by atoms with E-state index in [4.69, 9.17) is 16.3 Å². The van der Waals surface area contributed by atoms with Crippen molar-refractivity contribution in [3.8, 4) is 5.75 Å². The van der Waals surface area contributed by atoms with Crippen molar-refractivity contribution in [1.82, 2.24) is 9.47 Å². The summed E-state index contributed by atoms with van der Waals surface area (Å²) in [6, 6.07) is 23.1. The van der Waals surface area contributed by atoms with Crippen LogP contribution in [0.2, 0.25) is 5.02 Å². The summed E-state index contributed by atoms with van der Waals surface area (Å²) in [6.45, 7) is 1.01. The fraction of sp³-hybridized carbons (Fsp3) is 0.111. The molecule has 8 heteroatoms. The standard InChI is InChI=1S/C27H20BrClN2O3S/c28-20-10-11-24-22(15-20)19(17-30(24)16-18-6-4-5-9-23(18)29)14-25-26(32)31(27(33)35-25)12-13-34-21-7-2-1-3-8-21/h1-11,14-15,17H,12-13,16H2/b25-14-. The molecule has 5 nitrogen and oxygen atoms in total. The van der Waals surface area contributed by atoms with E-state index in [0.717, 1.165) is 38.3 Å². The number of benzene rings is 3. The summed E-state index contributed by atoms with van der Waals surface area (Å²) < 4.78 is 8.70. The minimum atomic E-state index is -0.307. The minimum Gasteiger partial charge on any atom is -0.492 e. The van der Waals surface area contributed by atoms with Gasteiger partial charge in [0.05, 0.1) is 11.4 Å². The summed E-state index contributed by atoms with van der Waals surface area (Å²) in [5, 5.41) is 1.39. The largest absolute Gasteiger partial charge is 0.492 e. The molecule has 3 aromatic carbocycles. The summed E-state index contributed by atoms with van der Waals surface area (Å²) in [4.78, 5) is 27.2. The van der Waals surface area contributed by atoms with E-state index in [1.807, 2.05) is 79.0 Å². The van der Waals surface area contributed by atoms with Crippen molar-refractivity contribution in [3.63, 3.8) is 0 Å². The monoisotopic (exact) mass is 566 g/mol. The first-order chi connectivity index (χ1) is 17.0. The molecule has 1 aliphatic rings. The Morgan fingerprint density at radius 3 is 2.57 bits per heavy atom. The summed E-state index contributed by atoms with van der Waals surface area (Å²) in [5.41, 5.74) is 2.87. The predicted octanol–water partition coefficient (Wildman–Crippen LogP) is 7.22. The van der Waals surface area contributed by atoms with Crippen LogP contribution in [-0.4, -0.2) is 33.8 Å². The average molecular weight is 568 g/mol. The van der Waals surface area contributed by atoms with Crippen molar-refractivity contribution in [2.24, 2.45) is 0 Å². The number of hydrogen-bond acceptors (Lipinski definition) is 4. The first-order valence-corrected chi connectivity index (χ1v) is 12.9. The molecule has 2 heterocycles. The minimum absolute atomic E-state index is 0.191. The number of carbonyl (C=O) groups excluding carboxylic acids is 2. The Kier molecular flexibility index (Phi) is 7.00. The van der Waals surface area contributed by atoms with E-state index in [0.29, 0.717) is 22.2 Å². The van der Waals surface area contributed by atoms with Crippen LogP contribution in [0.5, 0.6) is 5.75 Å². The fourth-order valence-corrected chi connectivity index (χ4v) is 5.37. The number of hydrogen-bond donors (Lipinski definition) is 0. The van der Waals surface area contributed by atoms with E-state index in [9.17, 15) is 9.59 Å². The highest BCUT2D eigenvalue weighted by atomic mass is 79.9. The van der Waals surface area contributed by atoms with E-state index in [1.54, 1.807) is 6.08 Å². The highest BCUT2D eigenvalue weighted by Gasteiger charge is 2.35. The second kappa shape index (κ2) is 10.3. The fourth-order valence-electron chi connectivity index (χ4n) is 3.96. The molecule has 1 aromatic heterocycles. The van der Waals surface area contributed by atoms with Crippen LogP contribution in [0.1, 0.15) is 11.1 Å². The topological polar surface area (TPSA) is 51.5 Å². The highest BCUT2D eigenvalue weighted by Crippen LogP contribution is 2.35. The number of aromatic nitrogens is 1. The van der Waals surface area contributed by atoms with Gasteiger partial charge in [0.25, 0.3) is 11.1 Å². The molecule has 0 unspecified atom stereocenters. The lowest BCUT2D eigenvalue weighted by atomic mass is 10.1. The second-order valence-electron chi connectivity index (χ2n) is 7.96. The van der Waals surface area contributed by atoms with Gasteiger partial charge >= 0.3 is 0 Å². The number of carbonyl (C=O) groups is 2. The SMILES string of the molecule is O=C1S/C(=C\c2cn(Cc3ccccc3Cl)c3ccc(Br)cc23)C(=O)N1CCOc1ccccc1. The summed E-state index contributed by atoms with van der Waals surface area (Å²) in [6.07, 6.45) is 3.79. The van der Waals surface area contributed by atoms with Crippen LogP contribution in [-0.2, 0) is 11.3 Å². The van der Waals surface area contributed by atoms with Crippen LogP contribution in [0.4, 0.5) is 4.79 Å². The van der Waals surface area contributed by atoms with Crippen molar-refractivity contribution in [2.45, 2.75) is 6.54 Å². The number of ether oxygens (including phenoxy) is 1. The summed E-state index contributed by atoms with van der Waals surface area (Å²) >= 11 is 10.9. The number of halogens is 2. The van der Waals surface area contributed by atoms with E-state index in [2.05, 4.69) is 20.5 Å². The maximum absolute atomic E-state index is 13.0. The summed E-state index contributed by atoms with van der Waals surface area (Å²) in [5.74, 6) is 0.394. The van der Waals surface area contributed by atoms with E-state index >= 15 is 0 Å². The number of nitrogens with zero attached hydrogens (tertiary/aromatic N) is 2. The van der Waals surface area contributed by atoms with Crippen LogP contribution in [0.3, 0.4) is 0 Å². The van der Waals surface area contributed by atoms with Crippen molar-refractivity contribution in [1.29, 1.82) is 0 Å². The van der Waals surface area contributed by atoms with Crippen molar-refractivity contribution in [3.05, 3.63) is 105 Å². The molecular formula is C27H20BrClN2O3S. The molecule has 5 rings (SSSR count). The third-order valence-corrected chi connectivity index (χ3v) is 7.43. The van der Waals surface area contributed by atoms with E-state index in [-0.39, 0.29) is 24.3 Å². The molecule has 35 heavy (non-hydrogen) atoms. The number of thioether (sulfide) groups is 1. The zero-order chi connectivity index (χ0) is 24.4. The number of amides is 2. The average Bonchev–Trinajstić information content (AvgIpc) is 3.32. The smallest absolute Gasteiger partial charge is 0.293 e. The molecule has 0 N–H and O–H groups in total. The molecule has 1 fully saturated rings. The van der Waals surface area contributed by atoms with Crippen molar-refractivity contribution in [2.75, 3.05) is 13.2 Å². The van der Waals surface area contributed by atoms with Gasteiger partial charge in [0.1, 0.15) is 12.4 Å². The van der Waals surface area contributed by atoms with Crippen LogP contribution < -0.4 is 4.74 Å². The van der Waals surface area contributed by atoms with E-state index in [1.165, 1.54) is 4.90 Å². The molecule has 4 aromatic rings. The van der Waals surface area contributed by atoms with Crippen LogP contribution >= 0.6 is 39.3 Å². The zero-order valence-electron chi connectivity index (χ0n) is 18.5. The molecule has 0 saturated carbocycles. The Labute approximate surface area is 220 Å². The molecule has 0 aliphatic carbocycles. The maximum Gasteiger partial charge on any atom is 0.293 e. The molecular weight excluding hydrogens is 548 g/mol. The summed E-state index contributed by atoms with van der Waals surface area (Å²) in [7, 11) is 0. The normalized spacial score (nSPS) is 14.9. The molecule has 2 amide bonds. The lowest BCUT2D eigenvalue weighted by Gasteiger charge is -2.13. The maximum atomic E-state index is 13.0. The molecule has 0 bridgehead atoms. The van der Waals surface area contributed by atoms with Gasteiger partial charge in [-0.05, 0) is 59.8 Å². The quantitative estimate of drug-likeness (QED) is 0.221. The van der Waals surface area contributed by atoms with Gasteiger partial charge in [0.15, 0.2) is 0 Å². The van der Waals surface area contributed by atoms with Gasteiger partial charge in [0, 0.05) is 38.7 Å². The van der Waals surface area contributed by atoms with Crippen LogP contribution in [0.15, 0.2) is 88.4 Å². The Bertz CT molecular complexity index is 1450. The van der Waals surface area contributed by atoms with Gasteiger partial charge in [-0.15, -0.1) is 0 Å². The first-order valence-electron chi connectivity index (χ1n) is 10.9. The Balaban J connectivity index is 1.40. The van der Waals surface area contributed by atoms with Gasteiger partial charge < -0.3 is 9.30 Å². The molecule has 176 valence electrons. The first kappa shape index (κ1) is 23.7. The predicted molar refractivity (Wildman–Crippen MR) is 145 cm³/mol. The van der Waals surface area contributed by atoms with Gasteiger partial charge in [-0.25, -0.2) is 0 Å². The zero-order valence-corrected chi connectivity index (χ0v) is 21.6. The lowest BCUT2D eigenvalue weighted by molar-refractivity contribution is -0.123. The third kappa shape index (κ3) is 5.17. The van der Waals surface area contributed by atoms with Gasteiger partial charge in [-0.3, -0.25) is 14.5 Å². The Hall–Kier alpha value is -3.00. The molecule has 0 radical (unpaired) electrons. The van der Waals surface area contributed by atoms with Gasteiger partial charge in [0.2, 0.25) is 0 Å². The number of para-hydroxylation sites is 1. The van der Waals surface area contributed by atoms with Crippen molar-refractivity contribution < 1.29 is 14.3 Å². The number of fused-ring (bicyclic) bond motifs is 1. The van der Waals surface area contributed by atoms with Crippen LogP contribution in [0.25, 0.3) is 17.0 Å². The Morgan fingerprint density at radius 2 is 1.77 bits per heavy atom. The number of imide groups is 1. The molecule has 0 spiro atoms. The lowest BCUT2D eigenvalue weighted by Crippen LogP contribution is -2.32. The van der Waals surface area contributed by atoms with E-state index < -0.39 is 0 Å². The Morgan fingerprint density at radius 1 is 1.00 bits per heavy atom. The number of rotatable bonds is 7.